The number of aromatic amines is 2. The summed E-state index contributed by atoms with van der Waals surface area (Å²) in [6.07, 6.45) is 3.59. The number of benzene rings is 2. The molecule has 2 aromatic heterocycles. The molecule has 5 rings (SSSR count). The summed E-state index contributed by atoms with van der Waals surface area (Å²) >= 11 is 0. The third-order valence-electron chi connectivity index (χ3n) is 5.82. The number of piperidine rings is 1. The molecule has 148 valence electrons. The molecule has 1 fully saturated rings. The molecule has 0 spiro atoms. The van der Waals surface area contributed by atoms with E-state index in [1.807, 2.05) is 6.07 Å². The van der Waals surface area contributed by atoms with Crippen LogP contribution in [0.2, 0.25) is 0 Å². The maximum atomic E-state index is 13.4. The van der Waals surface area contributed by atoms with E-state index in [4.69, 9.17) is 0 Å². The Hall–Kier alpha value is -2.99. The highest BCUT2D eigenvalue weighted by atomic mass is 19.1. The van der Waals surface area contributed by atoms with Crippen molar-refractivity contribution >= 4 is 10.9 Å². The molecule has 6 heteroatoms. The van der Waals surface area contributed by atoms with Crippen molar-refractivity contribution in [3.63, 3.8) is 0 Å². The van der Waals surface area contributed by atoms with Crippen LogP contribution in [0.4, 0.5) is 4.39 Å². The predicted octanol–water partition coefficient (Wildman–Crippen LogP) is 4.55. The molecule has 0 unspecified atom stereocenters. The quantitative estimate of drug-likeness (QED) is 0.527. The van der Waals surface area contributed by atoms with Gasteiger partial charge in [0.05, 0.1) is 12.2 Å². The summed E-state index contributed by atoms with van der Waals surface area (Å²) in [7, 11) is 0. The molecule has 4 aromatic rings. The van der Waals surface area contributed by atoms with Crippen LogP contribution in [0.1, 0.15) is 24.2 Å². The fourth-order valence-electron chi connectivity index (χ4n) is 4.22. The Morgan fingerprint density at radius 3 is 2.62 bits per heavy atom. The highest BCUT2D eigenvalue weighted by Crippen LogP contribution is 2.24. The van der Waals surface area contributed by atoms with Crippen molar-refractivity contribution in [2.24, 2.45) is 5.92 Å². The lowest BCUT2D eigenvalue weighted by atomic mass is 9.90. The lowest BCUT2D eigenvalue weighted by Crippen LogP contribution is -2.34. The van der Waals surface area contributed by atoms with Gasteiger partial charge < -0.3 is 9.97 Å². The molecule has 1 aliphatic rings. The number of rotatable bonds is 5. The number of hydrogen-bond acceptors (Lipinski definition) is 3. The number of halogens is 1. The molecule has 0 radical (unpaired) electrons. The van der Waals surface area contributed by atoms with E-state index in [-0.39, 0.29) is 5.82 Å². The Morgan fingerprint density at radius 2 is 1.79 bits per heavy atom. The van der Waals surface area contributed by atoms with Gasteiger partial charge in [-0.1, -0.05) is 30.3 Å². The first-order chi connectivity index (χ1) is 14.2. The monoisotopic (exact) mass is 389 g/mol. The van der Waals surface area contributed by atoms with Gasteiger partial charge in [-0.2, -0.15) is 0 Å². The third kappa shape index (κ3) is 4.07. The summed E-state index contributed by atoms with van der Waals surface area (Å²) in [6, 6.07) is 17.5. The van der Waals surface area contributed by atoms with Crippen LogP contribution in [0.15, 0.2) is 54.6 Å². The van der Waals surface area contributed by atoms with Gasteiger partial charge in [0.15, 0.2) is 5.82 Å². The number of nitrogens with one attached hydrogen (secondary N) is 2. The Bertz CT molecular complexity index is 1090. The summed E-state index contributed by atoms with van der Waals surface area (Å²) in [5, 5.41) is 9.56. The Balaban J connectivity index is 1.19. The Morgan fingerprint density at radius 1 is 0.966 bits per heavy atom. The van der Waals surface area contributed by atoms with Crippen molar-refractivity contribution in [2.45, 2.75) is 25.8 Å². The van der Waals surface area contributed by atoms with Crippen LogP contribution in [-0.4, -0.2) is 38.2 Å². The first-order valence-electron chi connectivity index (χ1n) is 10.2. The second kappa shape index (κ2) is 7.79. The van der Waals surface area contributed by atoms with Crippen LogP contribution in [-0.2, 0) is 13.0 Å². The molecule has 1 saturated heterocycles. The molecule has 0 amide bonds. The van der Waals surface area contributed by atoms with Gasteiger partial charge in [0, 0.05) is 10.9 Å². The molecular weight excluding hydrogens is 365 g/mol. The van der Waals surface area contributed by atoms with E-state index < -0.39 is 0 Å². The van der Waals surface area contributed by atoms with Crippen molar-refractivity contribution in [2.75, 3.05) is 13.1 Å². The minimum Gasteiger partial charge on any atom is -0.352 e. The molecule has 2 aromatic carbocycles. The fraction of sp³-hybridized carbons (Fsp3) is 0.304. The van der Waals surface area contributed by atoms with Gasteiger partial charge in [-0.3, -0.25) is 4.90 Å². The first-order valence-corrected chi connectivity index (χ1v) is 10.2. The highest BCUT2D eigenvalue weighted by Gasteiger charge is 2.20. The maximum Gasteiger partial charge on any atom is 0.177 e. The zero-order valence-electron chi connectivity index (χ0n) is 16.2. The average Bonchev–Trinajstić information content (AvgIpc) is 3.37. The van der Waals surface area contributed by atoms with Gasteiger partial charge in [-0.05, 0) is 68.1 Å². The van der Waals surface area contributed by atoms with Crippen molar-refractivity contribution in [3.8, 4) is 11.5 Å². The maximum absolute atomic E-state index is 13.4. The van der Waals surface area contributed by atoms with Crippen molar-refractivity contribution in [1.29, 1.82) is 0 Å². The van der Waals surface area contributed by atoms with Crippen LogP contribution in [0.25, 0.3) is 22.4 Å². The normalized spacial score (nSPS) is 15.9. The largest absolute Gasteiger partial charge is 0.352 e. The lowest BCUT2D eigenvalue weighted by Gasteiger charge is -2.31. The molecule has 5 nitrogen and oxygen atoms in total. The average molecular weight is 389 g/mol. The summed E-state index contributed by atoms with van der Waals surface area (Å²) in [4.78, 5) is 8.96. The van der Waals surface area contributed by atoms with E-state index in [1.54, 1.807) is 6.07 Å². The molecule has 2 N–H and O–H groups in total. The van der Waals surface area contributed by atoms with E-state index in [1.165, 1.54) is 37.0 Å². The number of nitrogens with zero attached hydrogens (tertiary/aromatic N) is 3. The second-order valence-corrected chi connectivity index (χ2v) is 7.94. The fourth-order valence-corrected chi connectivity index (χ4v) is 4.22. The van der Waals surface area contributed by atoms with Crippen molar-refractivity contribution < 1.29 is 4.39 Å². The molecular formula is C23H24FN5. The molecule has 1 aliphatic heterocycles. The number of H-pyrrole nitrogens is 2. The minimum absolute atomic E-state index is 0.250. The SMILES string of the molecule is Fc1ccc2cc(-c3nnc(CN4CCC(Cc5ccccc5)CC4)[nH]3)[nH]c2c1. The predicted molar refractivity (Wildman–Crippen MR) is 112 cm³/mol. The summed E-state index contributed by atoms with van der Waals surface area (Å²) < 4.78 is 13.4. The summed E-state index contributed by atoms with van der Waals surface area (Å²) in [5.41, 5.74) is 3.02. The number of hydrogen-bond donors (Lipinski definition) is 2. The van der Waals surface area contributed by atoms with Crippen LogP contribution in [0.3, 0.4) is 0 Å². The zero-order valence-corrected chi connectivity index (χ0v) is 16.2. The van der Waals surface area contributed by atoms with Gasteiger partial charge in [0.2, 0.25) is 0 Å². The molecule has 29 heavy (non-hydrogen) atoms. The van der Waals surface area contributed by atoms with E-state index in [0.717, 1.165) is 48.0 Å². The Kier molecular flexibility index (Phi) is 4.86. The van der Waals surface area contributed by atoms with Gasteiger partial charge in [0.25, 0.3) is 0 Å². The van der Waals surface area contributed by atoms with E-state index in [2.05, 4.69) is 55.4 Å². The summed E-state index contributed by atoms with van der Waals surface area (Å²) in [5.74, 6) is 2.06. The lowest BCUT2D eigenvalue weighted by molar-refractivity contribution is 0.173. The third-order valence-corrected chi connectivity index (χ3v) is 5.82. The minimum atomic E-state index is -0.250. The van der Waals surface area contributed by atoms with Gasteiger partial charge in [-0.15, -0.1) is 10.2 Å². The molecule has 3 heterocycles. The van der Waals surface area contributed by atoms with E-state index in [9.17, 15) is 4.39 Å². The van der Waals surface area contributed by atoms with Crippen molar-refractivity contribution in [1.82, 2.24) is 25.1 Å². The first kappa shape index (κ1) is 18.1. The van der Waals surface area contributed by atoms with E-state index >= 15 is 0 Å². The Labute approximate surface area is 169 Å². The molecule has 0 saturated carbocycles. The van der Waals surface area contributed by atoms with Gasteiger partial charge in [-0.25, -0.2) is 4.39 Å². The van der Waals surface area contributed by atoms with Gasteiger partial charge >= 0.3 is 0 Å². The topological polar surface area (TPSA) is 60.6 Å². The standard InChI is InChI=1S/C23H24FN5/c24-19-7-6-18-13-21(25-20(18)14-19)23-26-22(27-28-23)15-29-10-8-17(9-11-29)12-16-4-2-1-3-5-16/h1-7,13-14,17,25H,8-12,15H2,(H,26,27,28). The van der Waals surface area contributed by atoms with E-state index in [0.29, 0.717) is 5.82 Å². The summed E-state index contributed by atoms with van der Waals surface area (Å²) in [6.45, 7) is 2.94. The second-order valence-electron chi connectivity index (χ2n) is 7.94. The smallest absolute Gasteiger partial charge is 0.177 e. The van der Waals surface area contributed by atoms with Crippen molar-refractivity contribution in [3.05, 3.63) is 71.8 Å². The number of likely N-dealkylation sites (tertiary alicyclic amines) is 1. The molecule has 0 bridgehead atoms. The van der Waals surface area contributed by atoms with Crippen LogP contribution >= 0.6 is 0 Å². The molecule has 0 aliphatic carbocycles. The highest BCUT2D eigenvalue weighted by molar-refractivity contribution is 5.84. The van der Waals surface area contributed by atoms with Crippen LogP contribution < -0.4 is 0 Å². The zero-order chi connectivity index (χ0) is 19.6. The molecule has 0 atom stereocenters. The van der Waals surface area contributed by atoms with Crippen LogP contribution in [0, 0.1) is 11.7 Å². The van der Waals surface area contributed by atoms with Crippen LogP contribution in [0.5, 0.6) is 0 Å². The van der Waals surface area contributed by atoms with Gasteiger partial charge in [0.1, 0.15) is 11.6 Å². The number of fused-ring (bicyclic) bond motifs is 1. The number of aromatic nitrogens is 4.